The van der Waals surface area contributed by atoms with Crippen molar-refractivity contribution >= 4 is 17.6 Å². The minimum atomic E-state index is -0.361. The van der Waals surface area contributed by atoms with Crippen molar-refractivity contribution in [3.63, 3.8) is 0 Å². The fraction of sp³-hybridized carbons (Fsp3) is 0.167. The van der Waals surface area contributed by atoms with Gasteiger partial charge in [0.05, 0.1) is 12.1 Å². The SMILES string of the molecule is COC(=O)c1cccn1Cc1ccncc1Cl. The molecular formula is C12H11ClN2O2. The number of methoxy groups -OCH3 is 1. The quantitative estimate of drug-likeness (QED) is 0.786. The van der Waals surface area contributed by atoms with Gasteiger partial charge in [-0.25, -0.2) is 4.79 Å². The summed E-state index contributed by atoms with van der Waals surface area (Å²) in [7, 11) is 1.36. The number of carbonyl (C=O) groups excluding carboxylic acids is 1. The molecule has 0 radical (unpaired) electrons. The first-order valence-electron chi connectivity index (χ1n) is 5.04. The second-order valence-electron chi connectivity index (χ2n) is 3.48. The molecule has 0 saturated carbocycles. The first-order chi connectivity index (χ1) is 8.22. The van der Waals surface area contributed by atoms with Crippen LogP contribution in [0.3, 0.4) is 0 Å². The lowest BCUT2D eigenvalue weighted by molar-refractivity contribution is 0.0589. The molecule has 0 aliphatic rings. The Kier molecular flexibility index (Phi) is 3.44. The van der Waals surface area contributed by atoms with Gasteiger partial charge < -0.3 is 9.30 Å². The molecule has 0 aliphatic carbocycles. The molecule has 2 aromatic rings. The Bertz CT molecular complexity index is 537. The van der Waals surface area contributed by atoms with Crippen molar-refractivity contribution in [1.29, 1.82) is 0 Å². The van der Waals surface area contributed by atoms with E-state index in [4.69, 9.17) is 16.3 Å². The topological polar surface area (TPSA) is 44.1 Å². The van der Waals surface area contributed by atoms with Gasteiger partial charge in [0, 0.05) is 25.1 Å². The van der Waals surface area contributed by atoms with E-state index in [1.54, 1.807) is 29.1 Å². The lowest BCUT2D eigenvalue weighted by atomic mass is 10.2. The number of rotatable bonds is 3. The van der Waals surface area contributed by atoms with Crippen molar-refractivity contribution in [3.8, 4) is 0 Å². The van der Waals surface area contributed by atoms with Gasteiger partial charge in [-0.15, -0.1) is 0 Å². The highest BCUT2D eigenvalue weighted by Crippen LogP contribution is 2.16. The third-order valence-corrected chi connectivity index (χ3v) is 2.76. The van der Waals surface area contributed by atoms with Crippen LogP contribution in [0.1, 0.15) is 16.1 Å². The van der Waals surface area contributed by atoms with E-state index < -0.39 is 0 Å². The summed E-state index contributed by atoms with van der Waals surface area (Å²) in [5, 5.41) is 0.581. The van der Waals surface area contributed by atoms with Crippen LogP contribution in [0.25, 0.3) is 0 Å². The van der Waals surface area contributed by atoms with E-state index in [0.29, 0.717) is 17.3 Å². The summed E-state index contributed by atoms with van der Waals surface area (Å²) in [4.78, 5) is 15.4. The van der Waals surface area contributed by atoms with E-state index in [2.05, 4.69) is 4.98 Å². The molecule has 0 bridgehead atoms. The Hall–Kier alpha value is -1.81. The first-order valence-corrected chi connectivity index (χ1v) is 5.42. The molecule has 88 valence electrons. The number of pyridine rings is 1. The molecular weight excluding hydrogens is 240 g/mol. The van der Waals surface area contributed by atoms with Gasteiger partial charge in [-0.2, -0.15) is 0 Å². The Balaban J connectivity index is 2.28. The number of hydrogen-bond donors (Lipinski definition) is 0. The molecule has 2 rings (SSSR count). The maximum Gasteiger partial charge on any atom is 0.354 e. The van der Waals surface area contributed by atoms with Crippen molar-refractivity contribution < 1.29 is 9.53 Å². The van der Waals surface area contributed by atoms with Gasteiger partial charge in [0.25, 0.3) is 0 Å². The number of halogens is 1. The normalized spacial score (nSPS) is 10.2. The van der Waals surface area contributed by atoms with Gasteiger partial charge in [-0.05, 0) is 23.8 Å². The monoisotopic (exact) mass is 250 g/mol. The minimum absolute atomic E-state index is 0.361. The molecule has 0 atom stereocenters. The largest absolute Gasteiger partial charge is 0.464 e. The maximum absolute atomic E-state index is 11.5. The lowest BCUT2D eigenvalue weighted by Gasteiger charge is -2.08. The van der Waals surface area contributed by atoms with Gasteiger partial charge in [-0.3, -0.25) is 4.98 Å². The highest BCUT2D eigenvalue weighted by atomic mass is 35.5. The van der Waals surface area contributed by atoms with E-state index in [1.165, 1.54) is 7.11 Å². The van der Waals surface area contributed by atoms with E-state index >= 15 is 0 Å². The second-order valence-corrected chi connectivity index (χ2v) is 3.89. The number of ether oxygens (including phenoxy) is 1. The lowest BCUT2D eigenvalue weighted by Crippen LogP contribution is -2.10. The molecule has 4 nitrogen and oxygen atoms in total. The van der Waals surface area contributed by atoms with Crippen molar-refractivity contribution in [1.82, 2.24) is 9.55 Å². The van der Waals surface area contributed by atoms with Crippen LogP contribution < -0.4 is 0 Å². The van der Waals surface area contributed by atoms with E-state index in [-0.39, 0.29) is 5.97 Å². The molecule has 2 heterocycles. The van der Waals surface area contributed by atoms with Gasteiger partial charge in [0.1, 0.15) is 5.69 Å². The average Bonchev–Trinajstić information content (AvgIpc) is 2.79. The Morgan fingerprint density at radius 1 is 1.53 bits per heavy atom. The predicted octanol–water partition coefficient (Wildman–Crippen LogP) is 2.37. The molecule has 0 N–H and O–H groups in total. The number of carbonyl (C=O) groups is 1. The smallest absolute Gasteiger partial charge is 0.354 e. The summed E-state index contributed by atoms with van der Waals surface area (Å²) in [6, 6.07) is 5.33. The third-order valence-electron chi connectivity index (χ3n) is 2.42. The summed E-state index contributed by atoms with van der Waals surface area (Å²) >= 11 is 6.01. The molecule has 2 aromatic heterocycles. The van der Waals surface area contributed by atoms with Gasteiger partial charge in [0.15, 0.2) is 0 Å². The maximum atomic E-state index is 11.5. The van der Waals surface area contributed by atoms with E-state index in [1.807, 2.05) is 12.3 Å². The highest BCUT2D eigenvalue weighted by molar-refractivity contribution is 6.31. The number of esters is 1. The van der Waals surface area contributed by atoms with E-state index in [9.17, 15) is 4.79 Å². The predicted molar refractivity (Wildman–Crippen MR) is 64.1 cm³/mol. The average molecular weight is 251 g/mol. The van der Waals surface area contributed by atoms with Crippen LogP contribution in [-0.2, 0) is 11.3 Å². The molecule has 0 amide bonds. The van der Waals surface area contributed by atoms with Gasteiger partial charge >= 0.3 is 5.97 Å². The zero-order valence-electron chi connectivity index (χ0n) is 9.26. The van der Waals surface area contributed by atoms with Gasteiger partial charge in [0.2, 0.25) is 0 Å². The number of aromatic nitrogens is 2. The van der Waals surface area contributed by atoms with Crippen molar-refractivity contribution in [2.45, 2.75) is 6.54 Å². The Labute approximate surface area is 104 Å². The minimum Gasteiger partial charge on any atom is -0.464 e. The summed E-state index contributed by atoms with van der Waals surface area (Å²) < 4.78 is 6.48. The zero-order chi connectivity index (χ0) is 12.3. The molecule has 0 fully saturated rings. The van der Waals surface area contributed by atoms with Crippen molar-refractivity contribution in [2.75, 3.05) is 7.11 Å². The molecule has 17 heavy (non-hydrogen) atoms. The zero-order valence-corrected chi connectivity index (χ0v) is 10.0. The summed E-state index contributed by atoms with van der Waals surface area (Å²) in [6.45, 7) is 0.513. The molecule has 0 saturated heterocycles. The Morgan fingerprint density at radius 2 is 2.35 bits per heavy atom. The fourth-order valence-corrected chi connectivity index (χ4v) is 1.74. The molecule has 0 aromatic carbocycles. The van der Waals surface area contributed by atoms with E-state index in [0.717, 1.165) is 5.56 Å². The summed E-state index contributed by atoms with van der Waals surface area (Å²) in [5.41, 5.74) is 1.41. The van der Waals surface area contributed by atoms with Gasteiger partial charge in [-0.1, -0.05) is 11.6 Å². The molecule has 0 unspecified atom stereocenters. The first kappa shape index (κ1) is 11.7. The summed E-state index contributed by atoms with van der Waals surface area (Å²) in [6.07, 6.45) is 5.06. The number of hydrogen-bond acceptors (Lipinski definition) is 3. The second kappa shape index (κ2) is 5.01. The highest BCUT2D eigenvalue weighted by Gasteiger charge is 2.11. The molecule has 0 aliphatic heterocycles. The third kappa shape index (κ3) is 2.47. The molecule has 0 spiro atoms. The standard InChI is InChI=1S/C12H11ClN2O2/c1-17-12(16)11-3-2-6-15(11)8-9-4-5-14-7-10(9)13/h2-7H,8H2,1H3. The number of nitrogens with zero attached hydrogens (tertiary/aromatic N) is 2. The Morgan fingerprint density at radius 3 is 3.06 bits per heavy atom. The van der Waals surface area contributed by atoms with Crippen LogP contribution >= 0.6 is 11.6 Å². The molecule has 5 heteroatoms. The van der Waals surface area contributed by atoms with Crippen LogP contribution in [0.5, 0.6) is 0 Å². The van der Waals surface area contributed by atoms with Crippen LogP contribution in [0.2, 0.25) is 5.02 Å². The fourth-order valence-electron chi connectivity index (χ4n) is 1.56. The van der Waals surface area contributed by atoms with Crippen molar-refractivity contribution in [3.05, 3.63) is 53.1 Å². The van der Waals surface area contributed by atoms with Crippen LogP contribution in [0, 0.1) is 0 Å². The van der Waals surface area contributed by atoms with Crippen LogP contribution in [0.15, 0.2) is 36.8 Å². The van der Waals surface area contributed by atoms with Crippen LogP contribution in [-0.4, -0.2) is 22.6 Å². The summed E-state index contributed by atoms with van der Waals surface area (Å²) in [5.74, 6) is -0.361. The van der Waals surface area contributed by atoms with Crippen molar-refractivity contribution in [2.24, 2.45) is 0 Å². The van der Waals surface area contributed by atoms with Crippen LogP contribution in [0.4, 0.5) is 0 Å².